The van der Waals surface area contributed by atoms with Crippen LogP contribution in [0.4, 0.5) is 0 Å². The fraction of sp³-hybridized carbons (Fsp3) is 0.150. The largest absolute Gasteiger partial charge is 0.508 e. The zero-order chi connectivity index (χ0) is 16.8. The number of hydrogen-bond acceptors (Lipinski definition) is 4. The van der Waals surface area contributed by atoms with Gasteiger partial charge in [0.1, 0.15) is 24.2 Å². The minimum atomic E-state index is -0.103. The minimum absolute atomic E-state index is 0.103. The number of ketones is 1. The molecule has 1 unspecified atom stereocenters. The highest BCUT2D eigenvalue weighted by Crippen LogP contribution is 2.16. The zero-order valence-electron chi connectivity index (χ0n) is 13.1. The Bertz CT molecular complexity index is 738. The summed E-state index contributed by atoms with van der Waals surface area (Å²) < 4.78 is 10.6. The van der Waals surface area contributed by atoms with Crippen molar-refractivity contribution in [1.82, 2.24) is 0 Å². The van der Waals surface area contributed by atoms with Gasteiger partial charge < -0.3 is 14.6 Å². The Labute approximate surface area is 140 Å². The van der Waals surface area contributed by atoms with E-state index in [4.69, 9.17) is 9.47 Å². The molecule has 2 aromatic carbocycles. The first kappa shape index (κ1) is 16.0. The van der Waals surface area contributed by atoms with Gasteiger partial charge >= 0.3 is 0 Å². The first-order valence-corrected chi connectivity index (χ1v) is 7.73. The molecule has 1 fully saturated rings. The Morgan fingerprint density at radius 3 is 2.12 bits per heavy atom. The number of benzene rings is 2. The quantitative estimate of drug-likeness (QED) is 0.626. The SMILES string of the molecule is O=C(C=Cc1ccc(O)cc1)C=Cc1ccc(OCC2CO2)cc1. The number of phenolic OH excluding ortho intramolecular Hbond substituents is 1. The maximum atomic E-state index is 11.8. The van der Waals surface area contributed by atoms with Gasteiger partial charge in [-0.25, -0.2) is 0 Å². The van der Waals surface area contributed by atoms with Crippen LogP contribution in [0.15, 0.2) is 60.7 Å². The molecular formula is C20H18O4. The van der Waals surface area contributed by atoms with Crippen molar-refractivity contribution in [3.8, 4) is 11.5 Å². The molecule has 1 saturated heterocycles. The molecule has 0 aromatic heterocycles. The van der Waals surface area contributed by atoms with E-state index in [1.165, 1.54) is 12.2 Å². The van der Waals surface area contributed by atoms with Gasteiger partial charge in [-0.1, -0.05) is 36.4 Å². The zero-order valence-corrected chi connectivity index (χ0v) is 13.1. The summed E-state index contributed by atoms with van der Waals surface area (Å²) in [5.41, 5.74) is 1.78. The Morgan fingerprint density at radius 2 is 1.58 bits per heavy atom. The lowest BCUT2D eigenvalue weighted by molar-refractivity contribution is -0.110. The number of carbonyl (C=O) groups excluding carboxylic acids is 1. The van der Waals surface area contributed by atoms with Crippen LogP contribution in [0, 0.1) is 0 Å². The van der Waals surface area contributed by atoms with Crippen LogP contribution in [-0.4, -0.2) is 30.2 Å². The molecule has 3 rings (SSSR count). The van der Waals surface area contributed by atoms with E-state index < -0.39 is 0 Å². The Hall–Kier alpha value is -2.85. The lowest BCUT2D eigenvalue weighted by Gasteiger charge is -2.03. The molecule has 1 atom stereocenters. The molecule has 122 valence electrons. The second-order valence-electron chi connectivity index (χ2n) is 5.50. The second-order valence-corrected chi connectivity index (χ2v) is 5.50. The van der Waals surface area contributed by atoms with Gasteiger partial charge in [-0.05, 0) is 47.5 Å². The van der Waals surface area contributed by atoms with Crippen molar-refractivity contribution in [2.75, 3.05) is 13.2 Å². The van der Waals surface area contributed by atoms with Crippen LogP contribution < -0.4 is 4.74 Å². The molecule has 0 bridgehead atoms. The van der Waals surface area contributed by atoms with Crippen LogP contribution in [0.2, 0.25) is 0 Å². The van der Waals surface area contributed by atoms with Crippen LogP contribution in [0.3, 0.4) is 0 Å². The number of carbonyl (C=O) groups is 1. The highest BCUT2D eigenvalue weighted by atomic mass is 16.6. The number of rotatable bonds is 7. The molecule has 4 nitrogen and oxygen atoms in total. The third kappa shape index (κ3) is 5.11. The summed E-state index contributed by atoms with van der Waals surface area (Å²) in [7, 11) is 0. The molecule has 0 saturated carbocycles. The topological polar surface area (TPSA) is 59.1 Å². The van der Waals surface area contributed by atoms with E-state index in [1.54, 1.807) is 36.4 Å². The van der Waals surface area contributed by atoms with Gasteiger partial charge in [-0.3, -0.25) is 4.79 Å². The molecule has 1 heterocycles. The second kappa shape index (κ2) is 7.62. The van der Waals surface area contributed by atoms with Gasteiger partial charge in [0.15, 0.2) is 5.78 Å². The van der Waals surface area contributed by atoms with Crippen LogP contribution >= 0.6 is 0 Å². The lowest BCUT2D eigenvalue weighted by atomic mass is 10.1. The Morgan fingerprint density at radius 1 is 1.04 bits per heavy atom. The summed E-state index contributed by atoms with van der Waals surface area (Å²) in [5.74, 6) is 0.894. The van der Waals surface area contributed by atoms with Crippen molar-refractivity contribution in [3.05, 3.63) is 71.8 Å². The van der Waals surface area contributed by atoms with E-state index in [9.17, 15) is 9.90 Å². The first-order chi connectivity index (χ1) is 11.7. The van der Waals surface area contributed by atoms with Crippen molar-refractivity contribution in [2.45, 2.75) is 6.10 Å². The molecule has 24 heavy (non-hydrogen) atoms. The van der Waals surface area contributed by atoms with Crippen LogP contribution in [-0.2, 0) is 9.53 Å². The smallest absolute Gasteiger partial charge is 0.178 e. The number of ether oxygens (including phenoxy) is 2. The molecule has 0 aliphatic carbocycles. The predicted molar refractivity (Wildman–Crippen MR) is 92.9 cm³/mol. The maximum Gasteiger partial charge on any atom is 0.178 e. The maximum absolute atomic E-state index is 11.8. The lowest BCUT2D eigenvalue weighted by Crippen LogP contribution is -2.03. The van der Waals surface area contributed by atoms with Crippen molar-refractivity contribution < 1.29 is 19.4 Å². The molecule has 4 heteroatoms. The highest BCUT2D eigenvalue weighted by Gasteiger charge is 2.22. The highest BCUT2D eigenvalue weighted by molar-refractivity contribution is 6.04. The molecule has 1 N–H and O–H groups in total. The van der Waals surface area contributed by atoms with Crippen molar-refractivity contribution in [2.24, 2.45) is 0 Å². The molecule has 1 aliphatic heterocycles. The van der Waals surface area contributed by atoms with Crippen LogP contribution in [0.1, 0.15) is 11.1 Å². The number of allylic oxidation sites excluding steroid dienone is 2. The van der Waals surface area contributed by atoms with Crippen molar-refractivity contribution >= 4 is 17.9 Å². The molecule has 0 radical (unpaired) electrons. The number of aromatic hydroxyl groups is 1. The van der Waals surface area contributed by atoms with E-state index in [-0.39, 0.29) is 17.6 Å². The Balaban J connectivity index is 1.52. The van der Waals surface area contributed by atoms with Gasteiger partial charge in [-0.15, -0.1) is 0 Å². The van der Waals surface area contributed by atoms with Crippen molar-refractivity contribution in [1.29, 1.82) is 0 Å². The van der Waals surface area contributed by atoms with E-state index in [2.05, 4.69) is 0 Å². The summed E-state index contributed by atoms with van der Waals surface area (Å²) in [6.07, 6.45) is 6.73. The molecular weight excluding hydrogens is 304 g/mol. The number of hydrogen-bond donors (Lipinski definition) is 1. The van der Waals surface area contributed by atoms with Gasteiger partial charge in [0.25, 0.3) is 0 Å². The summed E-state index contributed by atoms with van der Waals surface area (Å²) in [6, 6.07) is 14.2. The van der Waals surface area contributed by atoms with E-state index in [1.807, 2.05) is 24.3 Å². The average molecular weight is 322 g/mol. The standard InChI is InChI=1S/C20H18O4/c21-17-7-1-15(2-8-17)3-9-18(22)10-4-16-5-11-19(12-6-16)23-13-20-14-24-20/h1-12,20-21H,13-14H2. The van der Waals surface area contributed by atoms with Gasteiger partial charge in [0.05, 0.1) is 6.61 Å². The summed E-state index contributed by atoms with van der Waals surface area (Å²) in [4.78, 5) is 11.8. The van der Waals surface area contributed by atoms with Crippen LogP contribution in [0.5, 0.6) is 11.5 Å². The van der Waals surface area contributed by atoms with Crippen LogP contribution in [0.25, 0.3) is 12.2 Å². The third-order valence-electron chi connectivity index (χ3n) is 3.49. The molecule has 0 amide bonds. The summed E-state index contributed by atoms with van der Waals surface area (Å²) >= 11 is 0. The van der Waals surface area contributed by atoms with E-state index >= 15 is 0 Å². The fourth-order valence-corrected chi connectivity index (χ4v) is 2.03. The minimum Gasteiger partial charge on any atom is -0.508 e. The monoisotopic (exact) mass is 322 g/mol. The van der Waals surface area contributed by atoms with Gasteiger partial charge in [0.2, 0.25) is 0 Å². The first-order valence-electron chi connectivity index (χ1n) is 7.73. The predicted octanol–water partition coefficient (Wildman–Crippen LogP) is 3.47. The van der Waals surface area contributed by atoms with Gasteiger partial charge in [0, 0.05) is 0 Å². The molecule has 2 aromatic rings. The van der Waals surface area contributed by atoms with E-state index in [0.29, 0.717) is 6.61 Å². The third-order valence-corrected chi connectivity index (χ3v) is 3.49. The number of epoxide rings is 1. The normalized spacial score (nSPS) is 16.6. The summed E-state index contributed by atoms with van der Waals surface area (Å²) in [6.45, 7) is 1.36. The van der Waals surface area contributed by atoms with Crippen molar-refractivity contribution in [3.63, 3.8) is 0 Å². The molecule has 1 aliphatic rings. The Kier molecular flexibility index (Phi) is 5.08. The van der Waals surface area contributed by atoms with E-state index in [0.717, 1.165) is 23.5 Å². The summed E-state index contributed by atoms with van der Waals surface area (Å²) in [5, 5.41) is 9.21. The number of phenols is 1. The average Bonchev–Trinajstić information content (AvgIpc) is 3.43. The molecule has 0 spiro atoms. The fourth-order valence-electron chi connectivity index (χ4n) is 2.03. The van der Waals surface area contributed by atoms with Gasteiger partial charge in [-0.2, -0.15) is 0 Å².